The Morgan fingerprint density at radius 3 is 1.60 bits per heavy atom. The van der Waals surface area contributed by atoms with Gasteiger partial charge in [-0.25, -0.2) is 0 Å². The molecule has 1 aliphatic heterocycles. The van der Waals surface area contributed by atoms with Crippen molar-refractivity contribution in [2.45, 2.75) is 19.6 Å². The van der Waals surface area contributed by atoms with Crippen molar-refractivity contribution in [3.05, 3.63) is 127 Å². The van der Waals surface area contributed by atoms with Crippen LogP contribution in [0.4, 0.5) is 11.4 Å². The molecule has 12 heteroatoms. The molecule has 1 heterocycles. The van der Waals surface area contributed by atoms with Gasteiger partial charge in [-0.15, -0.1) is 0 Å². The van der Waals surface area contributed by atoms with E-state index in [1.165, 1.54) is 24.3 Å². The van der Waals surface area contributed by atoms with Crippen LogP contribution in [0.15, 0.2) is 90.0 Å². The Hall–Kier alpha value is -4.28. The highest BCUT2D eigenvalue weighted by atomic mass is 31.2. The first-order valence-corrected chi connectivity index (χ1v) is 14.9. The number of hydrogen-bond donors (Lipinski definition) is 0. The molecule has 0 amide bonds. The topological polar surface area (TPSA) is 142 Å². The summed E-state index contributed by atoms with van der Waals surface area (Å²) in [6, 6.07) is 20.8. The van der Waals surface area contributed by atoms with E-state index in [1.54, 1.807) is 50.3 Å². The molecule has 1 fully saturated rings. The molecule has 0 aromatic heterocycles. The predicted molar refractivity (Wildman–Crippen MR) is 159 cm³/mol. The molecule has 11 nitrogen and oxygen atoms in total. The number of likely N-dealkylation sites (tertiary alicyclic amines) is 1. The lowest BCUT2D eigenvalue weighted by atomic mass is 9.93. The molecule has 1 unspecified atom stereocenters. The highest BCUT2D eigenvalue weighted by Gasteiger charge is 2.44. The van der Waals surface area contributed by atoms with Gasteiger partial charge in [0.2, 0.25) is 0 Å². The van der Waals surface area contributed by atoms with Gasteiger partial charge in [0.1, 0.15) is 5.78 Å². The Labute approximate surface area is 242 Å². The normalized spacial score (nSPS) is 17.0. The number of hydrogen-bond acceptors (Lipinski definition) is 9. The minimum absolute atomic E-state index is 0.0778. The summed E-state index contributed by atoms with van der Waals surface area (Å²) in [6.45, 7) is 3.93. The summed E-state index contributed by atoms with van der Waals surface area (Å²) in [4.78, 5) is 36.9. The number of Topliss-reactive ketones (excluding diaryl/α,β-unsaturated/α-hetero) is 1. The number of nitro benzene ring substituents is 2. The van der Waals surface area contributed by atoms with Gasteiger partial charge in [0.05, 0.1) is 23.1 Å². The first-order valence-electron chi connectivity index (χ1n) is 13.3. The van der Waals surface area contributed by atoms with Gasteiger partial charge in [0.25, 0.3) is 11.4 Å². The predicted octanol–water partition coefficient (Wildman–Crippen LogP) is 6.82. The fourth-order valence-electron chi connectivity index (χ4n) is 4.78. The fourth-order valence-corrected chi connectivity index (χ4v) is 6.96. The molecular weight excluding hydrogens is 561 g/mol. The van der Waals surface area contributed by atoms with Crippen molar-refractivity contribution in [3.63, 3.8) is 0 Å². The largest absolute Gasteiger partial charge is 0.352 e. The number of carbonyl (C=O) groups is 1. The number of rotatable bonds is 11. The lowest BCUT2D eigenvalue weighted by Gasteiger charge is -2.39. The van der Waals surface area contributed by atoms with Crippen LogP contribution < -0.4 is 0 Å². The molecule has 0 N–H and O–H groups in total. The van der Waals surface area contributed by atoms with Crippen LogP contribution in [-0.4, -0.2) is 46.8 Å². The summed E-state index contributed by atoms with van der Waals surface area (Å²) in [5.74, 6) is -1.12. The summed E-state index contributed by atoms with van der Waals surface area (Å²) >= 11 is 0. The fraction of sp³-hybridized carbons (Fsp3) is 0.233. The van der Waals surface area contributed by atoms with E-state index in [0.717, 1.165) is 0 Å². The molecule has 218 valence electrons. The van der Waals surface area contributed by atoms with E-state index in [9.17, 15) is 29.6 Å². The first-order chi connectivity index (χ1) is 20.1. The van der Waals surface area contributed by atoms with Crippen LogP contribution in [0.2, 0.25) is 0 Å². The zero-order valence-corrected chi connectivity index (χ0v) is 24.0. The van der Waals surface area contributed by atoms with Gasteiger partial charge in [-0.05, 0) is 67.0 Å². The van der Waals surface area contributed by atoms with Gasteiger partial charge in [-0.1, -0.05) is 30.3 Å². The molecule has 0 radical (unpaired) electrons. The maximum absolute atomic E-state index is 14.3. The molecule has 1 atom stereocenters. The van der Waals surface area contributed by atoms with Gasteiger partial charge >= 0.3 is 7.60 Å². The number of benzene rings is 3. The van der Waals surface area contributed by atoms with Gasteiger partial charge < -0.3 is 9.05 Å². The Morgan fingerprint density at radius 2 is 1.21 bits per heavy atom. The number of piperidine rings is 1. The first kappa shape index (κ1) is 30.7. The molecule has 0 spiro atoms. The van der Waals surface area contributed by atoms with E-state index >= 15 is 0 Å². The second kappa shape index (κ2) is 13.6. The average molecular weight is 592 g/mol. The third-order valence-electron chi connectivity index (χ3n) is 6.58. The molecule has 4 rings (SSSR count). The minimum Gasteiger partial charge on any atom is -0.308 e. The van der Waals surface area contributed by atoms with E-state index in [4.69, 9.17) is 9.05 Å². The highest BCUT2D eigenvalue weighted by Crippen LogP contribution is 2.62. The zero-order valence-electron chi connectivity index (χ0n) is 23.1. The molecule has 1 aliphatic rings. The second-order valence-corrected chi connectivity index (χ2v) is 11.5. The highest BCUT2D eigenvalue weighted by molar-refractivity contribution is 7.54. The maximum atomic E-state index is 14.3. The Morgan fingerprint density at radius 1 is 0.786 bits per heavy atom. The Bertz CT molecular complexity index is 1460. The molecule has 0 saturated carbocycles. The van der Waals surface area contributed by atoms with E-state index in [2.05, 4.69) is 0 Å². The van der Waals surface area contributed by atoms with E-state index in [1.807, 2.05) is 35.2 Å². The van der Waals surface area contributed by atoms with E-state index in [-0.39, 0.29) is 43.5 Å². The number of non-ortho nitro benzene ring substituents is 2. The average Bonchev–Trinajstić information content (AvgIpc) is 2.97. The van der Waals surface area contributed by atoms with Crippen molar-refractivity contribution in [2.24, 2.45) is 0 Å². The number of ketones is 1. The lowest BCUT2D eigenvalue weighted by Crippen LogP contribution is -2.40. The van der Waals surface area contributed by atoms with Crippen LogP contribution in [0, 0.1) is 20.2 Å². The molecule has 3 aromatic carbocycles. The number of nitro groups is 2. The monoisotopic (exact) mass is 591 g/mol. The molecule has 0 bridgehead atoms. The molecule has 1 saturated heterocycles. The number of nitrogens with zero attached hydrogens (tertiary/aromatic N) is 3. The Balaban J connectivity index is 1.84. The standard InChI is InChI=1S/C30H30N3O8P/c1-3-40-42(39,41-4-2)30(24-8-6-5-7-9-24)31-20-25(18-22-10-14-27(15-11-22)32(35)36)29(34)26(21-31)19-23-12-16-28(17-13-23)33(37)38/h5-19,30H,3-4,20-21H2,1-2H3/b25-18+,26-19+. The minimum atomic E-state index is -3.78. The van der Waals surface area contributed by atoms with Gasteiger partial charge in [0.15, 0.2) is 5.78 Å². The van der Waals surface area contributed by atoms with Crippen molar-refractivity contribution >= 4 is 36.9 Å². The van der Waals surface area contributed by atoms with Crippen LogP contribution in [0.5, 0.6) is 0 Å². The second-order valence-electron chi connectivity index (χ2n) is 9.43. The molecule has 3 aromatic rings. The van der Waals surface area contributed by atoms with Crippen LogP contribution in [0.1, 0.15) is 36.3 Å². The van der Waals surface area contributed by atoms with E-state index < -0.39 is 23.2 Å². The van der Waals surface area contributed by atoms with Crippen LogP contribution in [0.3, 0.4) is 0 Å². The van der Waals surface area contributed by atoms with Gasteiger partial charge in [-0.3, -0.25) is 34.5 Å². The van der Waals surface area contributed by atoms with Crippen LogP contribution >= 0.6 is 7.60 Å². The van der Waals surface area contributed by atoms with Crippen molar-refractivity contribution < 1.29 is 28.3 Å². The zero-order chi connectivity index (χ0) is 30.3. The molecule has 42 heavy (non-hydrogen) atoms. The summed E-state index contributed by atoms with van der Waals surface area (Å²) in [7, 11) is -3.78. The quantitative estimate of drug-likeness (QED) is 0.102. The summed E-state index contributed by atoms with van der Waals surface area (Å²) < 4.78 is 25.9. The molecule has 0 aliphatic carbocycles. The summed E-state index contributed by atoms with van der Waals surface area (Å²) in [5.41, 5.74) is 2.41. The van der Waals surface area contributed by atoms with Crippen molar-refractivity contribution in [1.29, 1.82) is 0 Å². The van der Waals surface area contributed by atoms with Crippen LogP contribution in [-0.2, 0) is 18.4 Å². The third kappa shape index (κ3) is 7.13. The molecular formula is C30H30N3O8P. The van der Waals surface area contributed by atoms with Crippen molar-refractivity contribution in [1.82, 2.24) is 4.90 Å². The van der Waals surface area contributed by atoms with E-state index in [0.29, 0.717) is 27.8 Å². The lowest BCUT2D eigenvalue weighted by molar-refractivity contribution is -0.385. The Kier molecular flexibility index (Phi) is 9.92. The van der Waals surface area contributed by atoms with Crippen LogP contribution in [0.25, 0.3) is 12.2 Å². The third-order valence-corrected chi connectivity index (χ3v) is 9.04. The van der Waals surface area contributed by atoms with Crippen molar-refractivity contribution in [2.75, 3.05) is 26.3 Å². The summed E-state index contributed by atoms with van der Waals surface area (Å²) in [6.07, 6.45) is 3.30. The summed E-state index contributed by atoms with van der Waals surface area (Å²) in [5, 5.41) is 22.2. The van der Waals surface area contributed by atoms with Gasteiger partial charge in [-0.2, -0.15) is 0 Å². The number of carbonyl (C=O) groups excluding carboxylic acids is 1. The van der Waals surface area contributed by atoms with Gasteiger partial charge in [0, 0.05) is 48.5 Å². The SMILES string of the molecule is CCOP(=O)(OCC)C(c1ccccc1)N1C/C(=C\c2ccc([N+](=O)[O-])cc2)C(=O)/C(=C/c2ccc([N+](=O)[O-])cc2)C1. The smallest absolute Gasteiger partial charge is 0.308 e. The maximum Gasteiger partial charge on any atom is 0.352 e. The van der Waals surface area contributed by atoms with Crippen molar-refractivity contribution in [3.8, 4) is 0 Å².